The molecule has 2 aromatic heterocycles. The fraction of sp³-hybridized carbons (Fsp3) is 0.533. The second-order valence-corrected chi connectivity index (χ2v) is 6.70. The smallest absolute Gasteiger partial charge is 0.0641 e. The molecule has 19 heavy (non-hydrogen) atoms. The fourth-order valence-corrected chi connectivity index (χ4v) is 3.54. The van der Waals surface area contributed by atoms with Crippen molar-refractivity contribution in [1.29, 1.82) is 0 Å². The molecule has 0 aliphatic carbocycles. The molecule has 104 valence electrons. The molecular weight excluding hydrogens is 254 g/mol. The van der Waals surface area contributed by atoms with E-state index in [1.54, 1.807) is 0 Å². The average molecular weight is 277 g/mol. The van der Waals surface area contributed by atoms with E-state index in [0.29, 0.717) is 6.04 Å². The minimum Gasteiger partial charge on any atom is -0.306 e. The fourth-order valence-electron chi connectivity index (χ4n) is 2.52. The Morgan fingerprint density at radius 3 is 2.47 bits per heavy atom. The van der Waals surface area contributed by atoms with Crippen molar-refractivity contribution in [3.05, 3.63) is 38.3 Å². The molecule has 1 atom stereocenters. The summed E-state index contributed by atoms with van der Waals surface area (Å²) in [4.78, 5) is 2.80. The second-order valence-electron chi connectivity index (χ2n) is 5.24. The summed E-state index contributed by atoms with van der Waals surface area (Å²) in [6.07, 6.45) is 0. The van der Waals surface area contributed by atoms with E-state index in [4.69, 9.17) is 0 Å². The first-order valence-corrected chi connectivity index (χ1v) is 7.51. The molecule has 0 aromatic carbocycles. The molecule has 3 nitrogen and oxygen atoms in total. The minimum atomic E-state index is 0.379. The average Bonchev–Trinajstić information content (AvgIpc) is 2.78. The van der Waals surface area contributed by atoms with Crippen molar-refractivity contribution in [1.82, 2.24) is 15.1 Å². The molecule has 2 aromatic rings. The van der Waals surface area contributed by atoms with Crippen molar-refractivity contribution < 1.29 is 0 Å². The summed E-state index contributed by atoms with van der Waals surface area (Å²) in [6.45, 7) is 11.7. The minimum absolute atomic E-state index is 0.379. The van der Waals surface area contributed by atoms with Crippen LogP contribution in [0.3, 0.4) is 0 Å². The topological polar surface area (TPSA) is 29.9 Å². The van der Waals surface area contributed by atoms with Gasteiger partial charge in [0.15, 0.2) is 0 Å². The SMILES string of the molecule is Cc1cc(C(C)NCc2c(C)nn(C)c2C)c(C)s1. The van der Waals surface area contributed by atoms with E-state index < -0.39 is 0 Å². The van der Waals surface area contributed by atoms with Crippen LogP contribution in [0.5, 0.6) is 0 Å². The van der Waals surface area contributed by atoms with E-state index in [9.17, 15) is 0 Å². The molecular formula is C15H23N3S. The Labute approximate surface area is 119 Å². The number of nitrogens with zero attached hydrogens (tertiary/aromatic N) is 2. The van der Waals surface area contributed by atoms with Crippen LogP contribution in [0.25, 0.3) is 0 Å². The normalized spacial score (nSPS) is 12.9. The second kappa shape index (κ2) is 5.47. The Morgan fingerprint density at radius 2 is 2.00 bits per heavy atom. The summed E-state index contributed by atoms with van der Waals surface area (Å²) in [6, 6.07) is 2.67. The largest absolute Gasteiger partial charge is 0.306 e. The maximum atomic E-state index is 4.46. The van der Waals surface area contributed by atoms with Crippen molar-refractivity contribution in [2.24, 2.45) is 7.05 Å². The van der Waals surface area contributed by atoms with E-state index in [1.165, 1.54) is 26.6 Å². The van der Waals surface area contributed by atoms with E-state index in [2.05, 4.69) is 51.1 Å². The molecule has 2 rings (SSSR count). The van der Waals surface area contributed by atoms with Crippen LogP contribution < -0.4 is 5.32 Å². The zero-order valence-corrected chi connectivity index (χ0v) is 13.5. The monoisotopic (exact) mass is 277 g/mol. The van der Waals surface area contributed by atoms with Gasteiger partial charge in [-0.05, 0) is 46.2 Å². The number of hydrogen-bond donors (Lipinski definition) is 1. The van der Waals surface area contributed by atoms with Gasteiger partial charge in [0, 0.05) is 40.6 Å². The Kier molecular flexibility index (Phi) is 4.11. The molecule has 0 aliphatic heterocycles. The predicted octanol–water partition coefficient (Wildman–Crippen LogP) is 3.57. The molecule has 4 heteroatoms. The number of thiophene rings is 1. The van der Waals surface area contributed by atoms with Crippen molar-refractivity contribution in [3.63, 3.8) is 0 Å². The number of hydrogen-bond acceptors (Lipinski definition) is 3. The molecule has 1 N–H and O–H groups in total. The lowest BCUT2D eigenvalue weighted by Gasteiger charge is -2.14. The van der Waals surface area contributed by atoms with Gasteiger partial charge in [0.2, 0.25) is 0 Å². The van der Waals surface area contributed by atoms with Gasteiger partial charge in [0.05, 0.1) is 5.69 Å². The number of aryl methyl sites for hydroxylation is 4. The summed E-state index contributed by atoms with van der Waals surface area (Å²) >= 11 is 1.87. The van der Waals surface area contributed by atoms with E-state index in [0.717, 1.165) is 12.2 Å². The summed E-state index contributed by atoms with van der Waals surface area (Å²) in [5.41, 5.74) is 5.11. The molecule has 0 aliphatic rings. The van der Waals surface area contributed by atoms with Gasteiger partial charge in [-0.2, -0.15) is 5.10 Å². The van der Waals surface area contributed by atoms with Crippen molar-refractivity contribution in [3.8, 4) is 0 Å². The zero-order chi connectivity index (χ0) is 14.2. The Morgan fingerprint density at radius 1 is 1.32 bits per heavy atom. The van der Waals surface area contributed by atoms with Crippen LogP contribution in [0.2, 0.25) is 0 Å². The highest BCUT2D eigenvalue weighted by Crippen LogP contribution is 2.26. The summed E-state index contributed by atoms with van der Waals surface area (Å²) < 4.78 is 1.96. The van der Waals surface area contributed by atoms with Gasteiger partial charge in [0.1, 0.15) is 0 Å². The molecule has 0 fully saturated rings. The van der Waals surface area contributed by atoms with Gasteiger partial charge >= 0.3 is 0 Å². The third kappa shape index (κ3) is 2.90. The maximum absolute atomic E-state index is 4.46. The number of rotatable bonds is 4. The van der Waals surface area contributed by atoms with Crippen molar-refractivity contribution in [2.45, 2.75) is 47.2 Å². The molecule has 0 bridgehead atoms. The molecule has 0 spiro atoms. The van der Waals surface area contributed by atoms with Crippen molar-refractivity contribution in [2.75, 3.05) is 0 Å². The van der Waals surface area contributed by atoms with Crippen LogP contribution in [0, 0.1) is 27.7 Å². The van der Waals surface area contributed by atoms with Gasteiger partial charge in [-0.15, -0.1) is 11.3 Å². The summed E-state index contributed by atoms with van der Waals surface area (Å²) in [7, 11) is 2.00. The first kappa shape index (κ1) is 14.3. The van der Waals surface area contributed by atoms with Crippen molar-refractivity contribution >= 4 is 11.3 Å². The number of aromatic nitrogens is 2. The van der Waals surface area contributed by atoms with Crippen LogP contribution >= 0.6 is 11.3 Å². The van der Waals surface area contributed by atoms with Gasteiger partial charge in [-0.3, -0.25) is 4.68 Å². The highest BCUT2D eigenvalue weighted by atomic mass is 32.1. The predicted molar refractivity (Wildman–Crippen MR) is 81.7 cm³/mol. The van der Waals surface area contributed by atoms with Crippen LogP contribution in [-0.4, -0.2) is 9.78 Å². The van der Waals surface area contributed by atoms with Gasteiger partial charge in [-0.25, -0.2) is 0 Å². The molecule has 0 saturated carbocycles. The zero-order valence-electron chi connectivity index (χ0n) is 12.7. The van der Waals surface area contributed by atoms with Crippen LogP contribution in [0.4, 0.5) is 0 Å². The highest BCUT2D eigenvalue weighted by Gasteiger charge is 2.13. The van der Waals surface area contributed by atoms with E-state index >= 15 is 0 Å². The third-order valence-electron chi connectivity index (χ3n) is 3.79. The molecule has 0 amide bonds. The first-order chi connectivity index (χ1) is 8.90. The third-order valence-corrected chi connectivity index (χ3v) is 4.77. The molecule has 0 radical (unpaired) electrons. The molecule has 1 unspecified atom stereocenters. The first-order valence-electron chi connectivity index (χ1n) is 6.69. The lowest BCUT2D eigenvalue weighted by Crippen LogP contribution is -2.19. The van der Waals surface area contributed by atoms with Crippen LogP contribution in [0.1, 0.15) is 45.2 Å². The van der Waals surface area contributed by atoms with Gasteiger partial charge in [0.25, 0.3) is 0 Å². The Balaban J connectivity index is 2.08. The molecule has 0 saturated heterocycles. The van der Waals surface area contributed by atoms with Crippen LogP contribution in [0.15, 0.2) is 6.07 Å². The van der Waals surface area contributed by atoms with E-state index in [1.807, 2.05) is 23.1 Å². The lowest BCUT2D eigenvalue weighted by molar-refractivity contribution is 0.571. The number of nitrogens with one attached hydrogen (secondary N) is 1. The summed E-state index contributed by atoms with van der Waals surface area (Å²) in [5, 5.41) is 8.08. The standard InChI is InChI=1S/C15H23N3S/c1-9-7-14(13(5)19-9)10(2)16-8-15-11(3)17-18(6)12(15)4/h7,10,16H,8H2,1-6H3. The van der Waals surface area contributed by atoms with Gasteiger partial charge in [-0.1, -0.05) is 0 Å². The van der Waals surface area contributed by atoms with E-state index in [-0.39, 0.29) is 0 Å². The highest BCUT2D eigenvalue weighted by molar-refractivity contribution is 7.12. The lowest BCUT2D eigenvalue weighted by atomic mass is 10.1. The van der Waals surface area contributed by atoms with Crippen LogP contribution in [-0.2, 0) is 13.6 Å². The molecule has 2 heterocycles. The Bertz CT molecular complexity index is 580. The quantitative estimate of drug-likeness (QED) is 0.926. The maximum Gasteiger partial charge on any atom is 0.0641 e. The van der Waals surface area contributed by atoms with Gasteiger partial charge < -0.3 is 5.32 Å². The summed E-state index contributed by atoms with van der Waals surface area (Å²) in [5.74, 6) is 0. The Hall–Kier alpha value is -1.13.